The largest absolute Gasteiger partial charge is 0.479 e. The molecule has 1 aromatic carbocycles. The van der Waals surface area contributed by atoms with E-state index in [-0.39, 0.29) is 13.0 Å². The first-order valence-electron chi connectivity index (χ1n) is 9.10. The number of fused-ring (bicyclic) bond motifs is 1. The van der Waals surface area contributed by atoms with Gasteiger partial charge in [0, 0.05) is 25.1 Å². The van der Waals surface area contributed by atoms with Crippen LogP contribution in [0.3, 0.4) is 0 Å². The van der Waals surface area contributed by atoms with E-state index in [2.05, 4.69) is 15.4 Å². The average Bonchev–Trinajstić information content (AvgIpc) is 3.35. The summed E-state index contributed by atoms with van der Waals surface area (Å²) in [6, 6.07) is 11.2. The molecule has 2 N–H and O–H groups in total. The average molecular weight is 380 g/mol. The lowest BCUT2D eigenvalue weighted by molar-refractivity contribution is -0.144. The number of hydrogen-bond donors (Lipinski definition) is 2. The van der Waals surface area contributed by atoms with Crippen LogP contribution in [0.2, 0.25) is 0 Å². The van der Waals surface area contributed by atoms with Crippen LogP contribution < -0.4 is 5.32 Å². The van der Waals surface area contributed by atoms with Crippen molar-refractivity contribution in [1.82, 2.24) is 20.1 Å². The molecule has 0 spiro atoms. The van der Waals surface area contributed by atoms with Crippen molar-refractivity contribution < 1.29 is 19.4 Å². The van der Waals surface area contributed by atoms with Crippen molar-refractivity contribution in [3.63, 3.8) is 0 Å². The Kier molecular flexibility index (Phi) is 4.56. The predicted octanol–water partition coefficient (Wildman–Crippen LogP) is 2.09. The smallest absolute Gasteiger partial charge is 0.331 e. The van der Waals surface area contributed by atoms with Crippen LogP contribution in [0.1, 0.15) is 23.7 Å². The lowest BCUT2D eigenvalue weighted by atomic mass is 9.97. The third-order valence-electron chi connectivity index (χ3n) is 5.01. The van der Waals surface area contributed by atoms with Gasteiger partial charge in [-0.1, -0.05) is 30.3 Å². The molecule has 0 radical (unpaired) electrons. The number of benzene rings is 1. The number of carboxylic acids is 1. The predicted molar refractivity (Wildman–Crippen MR) is 102 cm³/mol. The monoisotopic (exact) mass is 380 g/mol. The molecule has 8 nitrogen and oxygen atoms in total. The fourth-order valence-corrected chi connectivity index (χ4v) is 3.39. The summed E-state index contributed by atoms with van der Waals surface area (Å²) >= 11 is 0. The number of nitrogens with zero attached hydrogens (tertiary/aromatic N) is 3. The molecule has 1 aliphatic rings. The van der Waals surface area contributed by atoms with Gasteiger partial charge in [-0.2, -0.15) is 5.10 Å². The highest BCUT2D eigenvalue weighted by Crippen LogP contribution is 2.26. The molecule has 4 rings (SSSR count). The number of carboxylic acid groups (broad SMARTS) is 1. The highest BCUT2D eigenvalue weighted by atomic mass is 16.5. The topological polar surface area (TPSA) is 106 Å². The van der Waals surface area contributed by atoms with Crippen LogP contribution in [0.5, 0.6) is 0 Å². The van der Waals surface area contributed by atoms with E-state index in [9.17, 15) is 14.7 Å². The number of hydrogen-bond acceptors (Lipinski definition) is 5. The molecule has 0 aliphatic carbocycles. The van der Waals surface area contributed by atoms with Gasteiger partial charge >= 0.3 is 5.97 Å². The third kappa shape index (κ3) is 3.01. The third-order valence-corrected chi connectivity index (χ3v) is 5.01. The number of aryl methyl sites for hydroxylation is 1. The molecule has 144 valence electrons. The van der Waals surface area contributed by atoms with Gasteiger partial charge in [0.1, 0.15) is 0 Å². The Labute approximate surface area is 161 Å². The van der Waals surface area contributed by atoms with Crippen LogP contribution in [0, 0.1) is 0 Å². The molecular weight excluding hydrogens is 360 g/mol. The molecule has 2 aromatic heterocycles. The zero-order valence-electron chi connectivity index (χ0n) is 15.4. The molecule has 3 aromatic rings. The highest BCUT2D eigenvalue weighted by molar-refractivity contribution is 6.08. The molecule has 0 bridgehead atoms. The van der Waals surface area contributed by atoms with Crippen molar-refractivity contribution in [2.75, 3.05) is 13.2 Å². The van der Waals surface area contributed by atoms with E-state index in [1.54, 1.807) is 16.9 Å². The van der Waals surface area contributed by atoms with E-state index in [1.165, 1.54) is 0 Å². The Morgan fingerprint density at radius 3 is 2.75 bits per heavy atom. The summed E-state index contributed by atoms with van der Waals surface area (Å²) in [7, 11) is 0. The summed E-state index contributed by atoms with van der Waals surface area (Å²) in [4.78, 5) is 29.6. The van der Waals surface area contributed by atoms with Gasteiger partial charge in [0.15, 0.2) is 11.2 Å². The molecule has 1 atom stereocenters. The molecule has 8 heteroatoms. The standard InChI is InChI=1S/C20H20N4O4/c1-2-24-17-15(11-21-24)14(10-16(22-17)13-6-4-3-5-7-13)18(25)23-20(19(26)27)8-9-28-12-20/h3-7,10-11H,2,8-9,12H2,1H3,(H,23,25)(H,26,27). The van der Waals surface area contributed by atoms with Gasteiger partial charge in [0.25, 0.3) is 5.91 Å². The summed E-state index contributed by atoms with van der Waals surface area (Å²) in [6.45, 7) is 2.78. The number of nitrogens with one attached hydrogen (secondary N) is 1. The summed E-state index contributed by atoms with van der Waals surface area (Å²) < 4.78 is 6.95. The highest BCUT2D eigenvalue weighted by Gasteiger charge is 2.44. The van der Waals surface area contributed by atoms with Crippen LogP contribution in [-0.2, 0) is 16.1 Å². The quantitative estimate of drug-likeness (QED) is 0.702. The van der Waals surface area contributed by atoms with Crippen LogP contribution in [0.25, 0.3) is 22.3 Å². The van der Waals surface area contributed by atoms with Gasteiger partial charge in [0.2, 0.25) is 0 Å². The molecular formula is C20H20N4O4. The second-order valence-corrected chi connectivity index (χ2v) is 6.76. The number of ether oxygens (including phenoxy) is 1. The lowest BCUT2D eigenvalue weighted by Crippen LogP contribution is -2.55. The fourth-order valence-electron chi connectivity index (χ4n) is 3.39. The normalized spacial score (nSPS) is 19.0. The number of aliphatic carboxylic acids is 1. The zero-order valence-corrected chi connectivity index (χ0v) is 15.4. The van der Waals surface area contributed by atoms with E-state index >= 15 is 0 Å². The van der Waals surface area contributed by atoms with Crippen molar-refractivity contribution >= 4 is 22.9 Å². The molecule has 1 amide bonds. The van der Waals surface area contributed by atoms with Crippen LogP contribution in [0.15, 0.2) is 42.6 Å². The summed E-state index contributed by atoms with van der Waals surface area (Å²) in [5.74, 6) is -1.58. The second kappa shape index (κ2) is 7.05. The number of rotatable bonds is 5. The number of amides is 1. The lowest BCUT2D eigenvalue weighted by Gasteiger charge is -2.24. The van der Waals surface area contributed by atoms with Crippen molar-refractivity contribution in [3.05, 3.63) is 48.2 Å². The first-order valence-corrected chi connectivity index (χ1v) is 9.10. The molecule has 1 aliphatic heterocycles. The summed E-state index contributed by atoms with van der Waals surface area (Å²) in [6.07, 6.45) is 1.82. The summed E-state index contributed by atoms with van der Waals surface area (Å²) in [5, 5.41) is 17.2. The first-order chi connectivity index (χ1) is 13.5. The van der Waals surface area contributed by atoms with E-state index in [4.69, 9.17) is 4.74 Å². The first kappa shape index (κ1) is 18.1. The minimum atomic E-state index is -1.42. The van der Waals surface area contributed by atoms with Crippen LogP contribution in [-0.4, -0.2) is 50.5 Å². The maximum atomic E-state index is 13.1. The second-order valence-electron chi connectivity index (χ2n) is 6.76. The molecule has 28 heavy (non-hydrogen) atoms. The molecule has 0 saturated carbocycles. The van der Waals surface area contributed by atoms with Crippen LogP contribution >= 0.6 is 0 Å². The van der Waals surface area contributed by atoms with Gasteiger partial charge in [-0.15, -0.1) is 0 Å². The Morgan fingerprint density at radius 2 is 2.11 bits per heavy atom. The van der Waals surface area contributed by atoms with Crippen LogP contribution in [0.4, 0.5) is 0 Å². The number of pyridine rings is 1. The van der Waals surface area contributed by atoms with Gasteiger partial charge in [0.05, 0.1) is 29.4 Å². The molecule has 3 heterocycles. The number of aromatic nitrogens is 3. The fraction of sp³-hybridized carbons (Fsp3) is 0.300. The van der Waals surface area contributed by atoms with Gasteiger partial charge < -0.3 is 15.2 Å². The molecule has 1 saturated heterocycles. The van der Waals surface area contributed by atoms with Gasteiger partial charge in [-0.25, -0.2) is 14.5 Å². The van der Waals surface area contributed by atoms with Crippen molar-refractivity contribution in [2.24, 2.45) is 0 Å². The Morgan fingerprint density at radius 1 is 1.32 bits per heavy atom. The van der Waals surface area contributed by atoms with E-state index < -0.39 is 17.4 Å². The van der Waals surface area contributed by atoms with Crippen molar-refractivity contribution in [1.29, 1.82) is 0 Å². The zero-order chi connectivity index (χ0) is 19.7. The van der Waals surface area contributed by atoms with Crippen molar-refractivity contribution in [3.8, 4) is 11.3 Å². The Hall–Kier alpha value is -3.26. The van der Waals surface area contributed by atoms with Gasteiger partial charge in [-0.3, -0.25) is 4.79 Å². The maximum Gasteiger partial charge on any atom is 0.331 e. The SMILES string of the molecule is CCn1ncc2c(C(=O)NC3(C(=O)O)CCOC3)cc(-c3ccccc3)nc21. The van der Waals surface area contributed by atoms with E-state index in [1.807, 2.05) is 37.3 Å². The van der Waals surface area contributed by atoms with Crippen molar-refractivity contribution in [2.45, 2.75) is 25.4 Å². The van der Waals surface area contributed by atoms with Gasteiger partial charge in [-0.05, 0) is 13.0 Å². The molecule has 1 fully saturated rings. The van der Waals surface area contributed by atoms with E-state index in [0.717, 1.165) is 5.56 Å². The number of carbonyl (C=O) groups excluding carboxylic acids is 1. The Balaban J connectivity index is 1.82. The molecule has 1 unspecified atom stereocenters. The van der Waals surface area contributed by atoms with E-state index in [0.29, 0.717) is 35.4 Å². The summed E-state index contributed by atoms with van der Waals surface area (Å²) in [5.41, 5.74) is 0.998. The minimum absolute atomic E-state index is 0.0535. The minimum Gasteiger partial charge on any atom is -0.479 e. The Bertz CT molecular complexity index is 1040. The maximum absolute atomic E-state index is 13.1. The number of carbonyl (C=O) groups is 2.